The first-order valence-electron chi connectivity index (χ1n) is 5.26. The molecule has 1 aromatic rings. The molecule has 0 radical (unpaired) electrons. The fourth-order valence-corrected chi connectivity index (χ4v) is 1.54. The number of carboxylic acid groups (broad SMARTS) is 1. The molecule has 0 amide bonds. The zero-order chi connectivity index (χ0) is 13.3. The Bertz CT molecular complexity index is 460. The highest BCUT2D eigenvalue weighted by atomic mass is 19.4. The molecule has 2 rings (SSSR count). The molecule has 0 atom stereocenters. The Morgan fingerprint density at radius 1 is 1.50 bits per heavy atom. The van der Waals surface area contributed by atoms with Gasteiger partial charge in [-0.3, -0.25) is 4.79 Å². The first kappa shape index (κ1) is 12.6. The highest BCUT2D eigenvalue weighted by Gasteiger charge is 2.36. The average molecular weight is 261 g/mol. The van der Waals surface area contributed by atoms with Gasteiger partial charge in [0.2, 0.25) is 5.95 Å². The monoisotopic (exact) mass is 261 g/mol. The number of carbonyl (C=O) groups is 1. The number of aliphatic carboxylic acids is 1. The van der Waals surface area contributed by atoms with Crippen molar-refractivity contribution in [2.45, 2.75) is 25.1 Å². The number of aromatic nitrogens is 2. The summed E-state index contributed by atoms with van der Waals surface area (Å²) in [5.74, 6) is -1.31. The van der Waals surface area contributed by atoms with Gasteiger partial charge in [-0.05, 0) is 18.9 Å². The van der Waals surface area contributed by atoms with Crippen molar-refractivity contribution in [3.05, 3.63) is 18.0 Å². The maximum atomic E-state index is 12.5. The topological polar surface area (TPSA) is 66.3 Å². The van der Waals surface area contributed by atoms with Crippen LogP contribution in [0.4, 0.5) is 19.1 Å². The van der Waals surface area contributed by atoms with Crippen LogP contribution in [0.15, 0.2) is 12.3 Å². The molecule has 8 heteroatoms. The molecule has 1 aliphatic carbocycles. The van der Waals surface area contributed by atoms with Gasteiger partial charge in [-0.15, -0.1) is 0 Å². The summed E-state index contributed by atoms with van der Waals surface area (Å²) in [6, 6.07) is 0.680. The Hall–Kier alpha value is -1.86. The highest BCUT2D eigenvalue weighted by Crippen LogP contribution is 2.32. The number of rotatable bonds is 4. The predicted molar refractivity (Wildman–Crippen MR) is 55.0 cm³/mol. The van der Waals surface area contributed by atoms with Crippen molar-refractivity contribution >= 4 is 11.9 Å². The fraction of sp³-hybridized carbons (Fsp3) is 0.500. The van der Waals surface area contributed by atoms with Crippen molar-refractivity contribution < 1.29 is 23.1 Å². The van der Waals surface area contributed by atoms with E-state index in [0.717, 1.165) is 25.1 Å². The van der Waals surface area contributed by atoms with Gasteiger partial charge in [-0.1, -0.05) is 0 Å². The lowest BCUT2D eigenvalue weighted by molar-refractivity contribution is -0.141. The minimum Gasteiger partial charge on any atom is -0.480 e. The van der Waals surface area contributed by atoms with E-state index in [1.807, 2.05) is 0 Å². The molecule has 18 heavy (non-hydrogen) atoms. The molecule has 1 aliphatic rings. The highest BCUT2D eigenvalue weighted by molar-refractivity contribution is 5.73. The lowest BCUT2D eigenvalue weighted by Gasteiger charge is -2.20. The molecule has 1 heterocycles. The summed E-state index contributed by atoms with van der Waals surface area (Å²) < 4.78 is 37.5. The molecule has 0 saturated heterocycles. The van der Waals surface area contributed by atoms with Gasteiger partial charge in [0.1, 0.15) is 12.2 Å². The van der Waals surface area contributed by atoms with E-state index in [9.17, 15) is 18.0 Å². The molecule has 1 aromatic heterocycles. The van der Waals surface area contributed by atoms with E-state index in [0.29, 0.717) is 0 Å². The SMILES string of the molecule is O=C(O)CN(c1nccc(C(F)(F)F)n1)C1CC1. The van der Waals surface area contributed by atoms with Crippen LogP contribution in [0.3, 0.4) is 0 Å². The number of anilines is 1. The van der Waals surface area contributed by atoms with Crippen molar-refractivity contribution in [1.29, 1.82) is 0 Å². The molecular weight excluding hydrogens is 251 g/mol. The van der Waals surface area contributed by atoms with Crippen LogP contribution in [-0.2, 0) is 11.0 Å². The van der Waals surface area contributed by atoms with E-state index in [1.54, 1.807) is 0 Å². The minimum atomic E-state index is -4.56. The molecule has 98 valence electrons. The number of carboxylic acids is 1. The summed E-state index contributed by atoms with van der Waals surface area (Å²) >= 11 is 0. The quantitative estimate of drug-likeness (QED) is 0.890. The van der Waals surface area contributed by atoms with Crippen molar-refractivity contribution in [3.8, 4) is 0 Å². The third-order valence-corrected chi connectivity index (χ3v) is 2.48. The number of halogens is 3. The predicted octanol–water partition coefficient (Wildman–Crippen LogP) is 1.55. The van der Waals surface area contributed by atoms with E-state index in [2.05, 4.69) is 9.97 Å². The second-order valence-corrected chi connectivity index (χ2v) is 3.99. The van der Waals surface area contributed by atoms with Gasteiger partial charge in [0.05, 0.1) is 0 Å². The van der Waals surface area contributed by atoms with Crippen LogP contribution in [0.2, 0.25) is 0 Å². The fourth-order valence-electron chi connectivity index (χ4n) is 1.54. The molecule has 0 unspecified atom stereocenters. The molecule has 0 spiro atoms. The van der Waals surface area contributed by atoms with Crippen LogP contribution in [0, 0.1) is 0 Å². The molecule has 0 aliphatic heterocycles. The maximum Gasteiger partial charge on any atom is 0.433 e. The van der Waals surface area contributed by atoms with E-state index < -0.39 is 24.4 Å². The Morgan fingerprint density at radius 2 is 2.17 bits per heavy atom. The first-order chi connectivity index (χ1) is 8.38. The van der Waals surface area contributed by atoms with Gasteiger partial charge in [0.15, 0.2) is 0 Å². The zero-order valence-electron chi connectivity index (χ0n) is 9.18. The third kappa shape index (κ3) is 2.88. The van der Waals surface area contributed by atoms with Crippen molar-refractivity contribution in [3.63, 3.8) is 0 Å². The lowest BCUT2D eigenvalue weighted by Crippen LogP contribution is -2.33. The van der Waals surface area contributed by atoms with Crippen molar-refractivity contribution in [2.24, 2.45) is 0 Å². The largest absolute Gasteiger partial charge is 0.480 e. The van der Waals surface area contributed by atoms with Crippen molar-refractivity contribution in [2.75, 3.05) is 11.4 Å². The smallest absolute Gasteiger partial charge is 0.433 e. The van der Waals surface area contributed by atoms with Gasteiger partial charge >= 0.3 is 12.1 Å². The second-order valence-electron chi connectivity index (χ2n) is 3.99. The van der Waals surface area contributed by atoms with E-state index in [-0.39, 0.29) is 12.0 Å². The summed E-state index contributed by atoms with van der Waals surface area (Å²) in [5.41, 5.74) is -1.07. The third-order valence-electron chi connectivity index (χ3n) is 2.48. The van der Waals surface area contributed by atoms with Gasteiger partial charge in [0.25, 0.3) is 0 Å². The zero-order valence-corrected chi connectivity index (χ0v) is 9.18. The summed E-state index contributed by atoms with van der Waals surface area (Å²) in [7, 11) is 0. The van der Waals surface area contributed by atoms with Crippen LogP contribution in [0.5, 0.6) is 0 Å². The Morgan fingerprint density at radius 3 is 2.67 bits per heavy atom. The Labute approximate surface area is 100 Å². The molecule has 0 bridgehead atoms. The summed E-state index contributed by atoms with van der Waals surface area (Å²) in [6.07, 6.45) is -2.09. The first-order valence-corrected chi connectivity index (χ1v) is 5.26. The van der Waals surface area contributed by atoms with Crippen LogP contribution < -0.4 is 4.90 Å². The van der Waals surface area contributed by atoms with E-state index >= 15 is 0 Å². The molecule has 1 fully saturated rings. The molecule has 1 N–H and O–H groups in total. The van der Waals surface area contributed by atoms with Crippen LogP contribution in [0.1, 0.15) is 18.5 Å². The van der Waals surface area contributed by atoms with Gasteiger partial charge < -0.3 is 10.0 Å². The maximum absolute atomic E-state index is 12.5. The Balaban J connectivity index is 2.27. The van der Waals surface area contributed by atoms with Gasteiger partial charge in [-0.2, -0.15) is 13.2 Å². The average Bonchev–Trinajstić information content (AvgIpc) is 3.08. The van der Waals surface area contributed by atoms with Crippen LogP contribution >= 0.6 is 0 Å². The Kier molecular flexibility index (Phi) is 3.10. The van der Waals surface area contributed by atoms with Gasteiger partial charge in [-0.25, -0.2) is 9.97 Å². The molecule has 1 saturated carbocycles. The summed E-state index contributed by atoms with van der Waals surface area (Å²) in [4.78, 5) is 19.1. The normalized spacial score (nSPS) is 15.5. The van der Waals surface area contributed by atoms with E-state index in [4.69, 9.17) is 5.11 Å². The number of alkyl halides is 3. The number of hydrogen-bond acceptors (Lipinski definition) is 4. The second kappa shape index (κ2) is 4.43. The van der Waals surface area contributed by atoms with Crippen LogP contribution in [0.25, 0.3) is 0 Å². The minimum absolute atomic E-state index is 0.0791. The molecule has 5 nitrogen and oxygen atoms in total. The molecule has 0 aromatic carbocycles. The number of nitrogens with zero attached hydrogens (tertiary/aromatic N) is 3. The standard InChI is InChI=1S/C10H10F3N3O2/c11-10(12,13)7-3-4-14-9(15-7)16(5-8(17)18)6-1-2-6/h3-4,6H,1-2,5H2,(H,17,18). The van der Waals surface area contributed by atoms with E-state index in [1.165, 1.54) is 4.90 Å². The molecular formula is C10H10F3N3O2. The van der Waals surface area contributed by atoms with Gasteiger partial charge in [0, 0.05) is 12.2 Å². The van der Waals surface area contributed by atoms with Crippen LogP contribution in [-0.4, -0.2) is 33.6 Å². The lowest BCUT2D eigenvalue weighted by atomic mass is 10.4. The summed E-state index contributed by atoms with van der Waals surface area (Å²) in [6.45, 7) is -0.397. The van der Waals surface area contributed by atoms with Crippen molar-refractivity contribution in [1.82, 2.24) is 9.97 Å². The summed E-state index contributed by atoms with van der Waals surface area (Å²) in [5, 5.41) is 8.73. The number of hydrogen-bond donors (Lipinski definition) is 1.